The van der Waals surface area contributed by atoms with E-state index in [4.69, 9.17) is 0 Å². The summed E-state index contributed by atoms with van der Waals surface area (Å²) in [6, 6.07) is 2.53. The van der Waals surface area contributed by atoms with Crippen LogP contribution in [-0.2, 0) is 6.18 Å². The van der Waals surface area contributed by atoms with E-state index in [2.05, 4.69) is 4.98 Å². The van der Waals surface area contributed by atoms with Crippen molar-refractivity contribution in [2.24, 2.45) is 0 Å². The van der Waals surface area contributed by atoms with Crippen LogP contribution in [0, 0.1) is 0 Å². The molecule has 1 N–H and O–H groups in total. The molecule has 0 spiro atoms. The fourth-order valence-electron chi connectivity index (χ4n) is 0.914. The first kappa shape index (κ1) is 13.1. The molecule has 0 atom stereocenters. The zero-order chi connectivity index (χ0) is 11.4. The van der Waals surface area contributed by atoms with Crippen LogP contribution in [0.5, 0.6) is 0 Å². The number of hydrogen-bond acceptors (Lipinski definition) is 0. The molecular weight excluding hydrogens is 191 g/mol. The maximum absolute atomic E-state index is 12.0. The van der Waals surface area contributed by atoms with Crippen LogP contribution in [0.3, 0.4) is 0 Å². The van der Waals surface area contributed by atoms with Gasteiger partial charge >= 0.3 is 6.18 Å². The Morgan fingerprint density at radius 2 is 1.64 bits per heavy atom. The summed E-state index contributed by atoms with van der Waals surface area (Å²) in [5.74, 6) is 0.0982. The van der Waals surface area contributed by atoms with Gasteiger partial charge in [0.2, 0.25) is 0 Å². The van der Waals surface area contributed by atoms with Crippen molar-refractivity contribution in [2.75, 3.05) is 0 Å². The highest BCUT2D eigenvalue weighted by Gasteiger charge is 2.32. The Balaban J connectivity index is 0.000000791. The van der Waals surface area contributed by atoms with E-state index in [1.165, 1.54) is 6.07 Å². The molecule has 82 valence electrons. The summed E-state index contributed by atoms with van der Waals surface area (Å²) in [7, 11) is 0. The Bertz CT molecular complexity index is 261. The fraction of sp³-hybridized carbons (Fsp3) is 0.600. The molecule has 0 aliphatic carbocycles. The molecule has 0 aromatic carbocycles. The van der Waals surface area contributed by atoms with Crippen molar-refractivity contribution in [3.63, 3.8) is 0 Å². The Morgan fingerprint density at radius 1 is 1.14 bits per heavy atom. The fourth-order valence-corrected chi connectivity index (χ4v) is 0.914. The molecule has 0 saturated heterocycles. The van der Waals surface area contributed by atoms with Gasteiger partial charge in [-0.05, 0) is 18.1 Å². The second-order valence-corrected chi connectivity index (χ2v) is 2.98. The number of rotatable bonds is 1. The van der Waals surface area contributed by atoms with Gasteiger partial charge in [-0.25, -0.2) is 0 Å². The van der Waals surface area contributed by atoms with Crippen LogP contribution in [-0.4, -0.2) is 4.98 Å². The molecule has 0 aliphatic heterocycles. The molecule has 1 aromatic heterocycles. The normalized spacial score (nSPS) is 11.1. The summed E-state index contributed by atoms with van der Waals surface area (Å²) in [6.07, 6.45) is -4.26. The van der Waals surface area contributed by atoms with Crippen LogP contribution in [0.4, 0.5) is 13.2 Å². The lowest BCUT2D eigenvalue weighted by atomic mass is 10.1. The number of halogens is 3. The van der Waals surface area contributed by atoms with Gasteiger partial charge in [0.05, 0.1) is 0 Å². The molecule has 0 bridgehead atoms. The molecule has 1 aromatic rings. The van der Waals surface area contributed by atoms with E-state index >= 15 is 0 Å². The van der Waals surface area contributed by atoms with E-state index in [-0.39, 0.29) is 5.92 Å². The van der Waals surface area contributed by atoms with Crippen molar-refractivity contribution in [3.8, 4) is 0 Å². The van der Waals surface area contributed by atoms with Gasteiger partial charge in [0.15, 0.2) is 0 Å². The number of aromatic nitrogens is 1. The second kappa shape index (κ2) is 5.08. The van der Waals surface area contributed by atoms with E-state index in [0.717, 1.165) is 6.07 Å². The van der Waals surface area contributed by atoms with Crippen LogP contribution in [0.25, 0.3) is 0 Å². The SMILES string of the molecule is CC.CC(C)c1ccc(C(F)(F)F)[nH]1. The maximum atomic E-state index is 12.0. The van der Waals surface area contributed by atoms with Crippen molar-refractivity contribution < 1.29 is 13.2 Å². The van der Waals surface area contributed by atoms with Crippen LogP contribution in [0.1, 0.15) is 45.0 Å². The lowest BCUT2D eigenvalue weighted by molar-refractivity contribution is -0.140. The van der Waals surface area contributed by atoms with Crippen molar-refractivity contribution in [3.05, 3.63) is 23.5 Å². The van der Waals surface area contributed by atoms with Gasteiger partial charge < -0.3 is 4.98 Å². The Kier molecular flexibility index (Phi) is 4.74. The minimum Gasteiger partial charge on any atom is -0.355 e. The number of nitrogens with one attached hydrogen (secondary N) is 1. The predicted octanol–water partition coefficient (Wildman–Crippen LogP) is 4.18. The molecule has 1 nitrogen and oxygen atoms in total. The van der Waals surface area contributed by atoms with Crippen LogP contribution in [0.2, 0.25) is 0 Å². The lowest BCUT2D eigenvalue weighted by Crippen LogP contribution is -2.05. The summed E-state index contributed by atoms with van der Waals surface area (Å²) in [5.41, 5.74) is -0.0616. The molecule has 0 radical (unpaired) electrons. The summed E-state index contributed by atoms with van der Waals surface area (Å²) in [4.78, 5) is 2.33. The van der Waals surface area contributed by atoms with Crippen LogP contribution in [0.15, 0.2) is 12.1 Å². The minimum atomic E-state index is -4.26. The third kappa shape index (κ3) is 3.44. The van der Waals surface area contributed by atoms with E-state index in [1.54, 1.807) is 0 Å². The van der Waals surface area contributed by atoms with Gasteiger partial charge in [0, 0.05) is 5.69 Å². The molecule has 0 fully saturated rings. The average molecular weight is 207 g/mol. The van der Waals surface area contributed by atoms with Crippen molar-refractivity contribution in [1.82, 2.24) is 4.98 Å². The summed E-state index contributed by atoms with van der Waals surface area (Å²) in [5, 5.41) is 0. The van der Waals surface area contributed by atoms with Gasteiger partial charge in [-0.2, -0.15) is 13.2 Å². The number of alkyl halides is 3. The van der Waals surface area contributed by atoms with Gasteiger partial charge in [-0.3, -0.25) is 0 Å². The topological polar surface area (TPSA) is 15.8 Å². The van der Waals surface area contributed by atoms with Gasteiger partial charge in [0.25, 0.3) is 0 Å². The molecule has 0 aliphatic rings. The maximum Gasteiger partial charge on any atom is 0.431 e. The van der Waals surface area contributed by atoms with E-state index in [0.29, 0.717) is 5.69 Å². The first-order valence-corrected chi connectivity index (χ1v) is 4.67. The average Bonchev–Trinajstić information content (AvgIpc) is 2.54. The first-order chi connectivity index (χ1) is 6.41. The van der Waals surface area contributed by atoms with Crippen molar-refractivity contribution >= 4 is 0 Å². The minimum absolute atomic E-state index is 0.0982. The number of hydrogen-bond donors (Lipinski definition) is 1. The van der Waals surface area contributed by atoms with E-state index < -0.39 is 11.9 Å². The second-order valence-electron chi connectivity index (χ2n) is 2.98. The third-order valence-corrected chi connectivity index (χ3v) is 1.64. The predicted molar refractivity (Wildman–Crippen MR) is 51.2 cm³/mol. The standard InChI is InChI=1S/C8H10F3N.C2H6/c1-5(2)6-3-4-7(12-6)8(9,10)11;1-2/h3-5,12H,1-2H3;1-2H3. The monoisotopic (exact) mass is 207 g/mol. The summed E-state index contributed by atoms with van der Waals surface area (Å²) < 4.78 is 36.1. The molecule has 4 heteroatoms. The van der Waals surface area contributed by atoms with Gasteiger partial charge in [-0.1, -0.05) is 27.7 Å². The highest BCUT2D eigenvalue weighted by molar-refractivity contribution is 5.17. The van der Waals surface area contributed by atoms with Gasteiger partial charge in [0.1, 0.15) is 5.69 Å². The lowest BCUT2D eigenvalue weighted by Gasteiger charge is -2.03. The molecule has 1 rings (SSSR count). The Labute approximate surface area is 82.3 Å². The quantitative estimate of drug-likeness (QED) is 0.710. The molecule has 1 heterocycles. The first-order valence-electron chi connectivity index (χ1n) is 4.67. The van der Waals surface area contributed by atoms with Crippen LogP contribution < -0.4 is 0 Å². The molecule has 0 amide bonds. The smallest absolute Gasteiger partial charge is 0.355 e. The molecule has 14 heavy (non-hydrogen) atoms. The zero-order valence-electron chi connectivity index (χ0n) is 8.87. The van der Waals surface area contributed by atoms with Crippen LogP contribution >= 0.6 is 0 Å². The highest BCUT2D eigenvalue weighted by Crippen LogP contribution is 2.29. The van der Waals surface area contributed by atoms with Gasteiger partial charge in [-0.15, -0.1) is 0 Å². The third-order valence-electron chi connectivity index (χ3n) is 1.64. The Morgan fingerprint density at radius 3 is 1.86 bits per heavy atom. The highest BCUT2D eigenvalue weighted by atomic mass is 19.4. The van der Waals surface area contributed by atoms with E-state index in [1.807, 2.05) is 27.7 Å². The summed E-state index contributed by atoms with van der Waals surface area (Å²) in [6.45, 7) is 7.68. The molecule has 0 unspecified atom stereocenters. The number of H-pyrrole nitrogens is 1. The largest absolute Gasteiger partial charge is 0.431 e. The summed E-state index contributed by atoms with van der Waals surface area (Å²) >= 11 is 0. The zero-order valence-corrected chi connectivity index (χ0v) is 8.87. The Hall–Kier alpha value is -0.930. The number of aromatic amines is 1. The molecule has 0 saturated carbocycles. The van der Waals surface area contributed by atoms with Crippen molar-refractivity contribution in [1.29, 1.82) is 0 Å². The van der Waals surface area contributed by atoms with Crippen molar-refractivity contribution in [2.45, 2.75) is 39.8 Å². The molecular formula is C10H16F3N. The van der Waals surface area contributed by atoms with E-state index in [9.17, 15) is 13.2 Å².